The number of thioether (sulfide) groups is 1. The summed E-state index contributed by atoms with van der Waals surface area (Å²) in [6, 6.07) is 12.0. The molecule has 0 atom stereocenters. The van der Waals surface area contributed by atoms with E-state index in [1.165, 1.54) is 11.8 Å². The molecule has 0 radical (unpaired) electrons. The summed E-state index contributed by atoms with van der Waals surface area (Å²) in [6.07, 6.45) is 1.95. The number of thiophene rings is 1. The first kappa shape index (κ1) is 15.1. The Kier molecular flexibility index (Phi) is 4.45. The molecule has 0 bridgehead atoms. The smallest absolute Gasteiger partial charge is 0.266 e. The highest BCUT2D eigenvalue weighted by Gasteiger charge is 2.32. The Labute approximate surface area is 138 Å². The molecule has 22 heavy (non-hydrogen) atoms. The first-order valence-corrected chi connectivity index (χ1v) is 8.78. The fourth-order valence-corrected chi connectivity index (χ4v) is 3.94. The van der Waals surface area contributed by atoms with Gasteiger partial charge in [-0.1, -0.05) is 24.3 Å². The van der Waals surface area contributed by atoms with Crippen molar-refractivity contribution in [3.05, 3.63) is 57.1 Å². The normalized spacial score (nSPS) is 18.6. The number of aryl methyl sites for hydroxylation is 1. The summed E-state index contributed by atoms with van der Waals surface area (Å²) in [5.41, 5.74) is 2.02. The van der Waals surface area contributed by atoms with Crippen molar-refractivity contribution in [2.75, 3.05) is 6.54 Å². The van der Waals surface area contributed by atoms with Gasteiger partial charge in [-0.05, 0) is 54.8 Å². The van der Waals surface area contributed by atoms with Gasteiger partial charge in [0.25, 0.3) is 5.91 Å². The van der Waals surface area contributed by atoms with Crippen LogP contribution < -0.4 is 0 Å². The molecule has 0 N–H and O–H groups in total. The molecule has 1 aliphatic heterocycles. The summed E-state index contributed by atoms with van der Waals surface area (Å²) in [6.45, 7) is 4.62. The van der Waals surface area contributed by atoms with Gasteiger partial charge in [-0.25, -0.2) is 4.99 Å². The molecule has 2 aromatic rings. The monoisotopic (exact) mass is 328 g/mol. The van der Waals surface area contributed by atoms with Crippen molar-refractivity contribution in [1.82, 2.24) is 4.90 Å². The Hall–Kier alpha value is -1.85. The summed E-state index contributed by atoms with van der Waals surface area (Å²) in [5, 5.41) is 2.76. The molecular formula is C17H16N2OS2. The molecule has 3 rings (SSSR count). The summed E-state index contributed by atoms with van der Waals surface area (Å²) in [4.78, 5) is 20.7. The van der Waals surface area contributed by atoms with Crippen LogP contribution in [0.25, 0.3) is 6.08 Å². The van der Waals surface area contributed by atoms with E-state index in [1.807, 2.05) is 61.7 Å². The number of amides is 1. The van der Waals surface area contributed by atoms with Gasteiger partial charge in [0.1, 0.15) is 0 Å². The largest absolute Gasteiger partial charge is 0.287 e. The van der Waals surface area contributed by atoms with Crippen LogP contribution in [0.1, 0.15) is 17.4 Å². The summed E-state index contributed by atoms with van der Waals surface area (Å²) in [5.74, 6) is 0.0354. The molecule has 0 aliphatic carbocycles. The molecule has 1 aliphatic rings. The Balaban J connectivity index is 1.95. The number of para-hydroxylation sites is 1. The van der Waals surface area contributed by atoms with E-state index in [9.17, 15) is 4.79 Å². The van der Waals surface area contributed by atoms with Crippen LogP contribution in [-0.2, 0) is 4.79 Å². The zero-order valence-electron chi connectivity index (χ0n) is 12.4. The lowest BCUT2D eigenvalue weighted by Gasteiger charge is -2.12. The average molecular weight is 328 g/mol. The molecule has 1 saturated heterocycles. The van der Waals surface area contributed by atoms with Crippen LogP contribution in [0.3, 0.4) is 0 Å². The molecule has 0 unspecified atom stereocenters. The van der Waals surface area contributed by atoms with Crippen molar-refractivity contribution in [3.63, 3.8) is 0 Å². The highest BCUT2D eigenvalue weighted by atomic mass is 32.2. The molecule has 5 heteroatoms. The van der Waals surface area contributed by atoms with Gasteiger partial charge in [0.15, 0.2) is 5.17 Å². The molecule has 1 amide bonds. The second-order valence-corrected chi connectivity index (χ2v) is 6.84. The van der Waals surface area contributed by atoms with Gasteiger partial charge in [-0.3, -0.25) is 9.69 Å². The standard InChI is InChI=1S/C17H16N2OS2/c1-3-19-16(20)15(11-13-8-6-10-21-13)22-17(19)18-14-9-5-4-7-12(14)2/h4-11H,3H2,1-2H3/b15-11+,18-17?. The Bertz CT molecular complexity index is 748. The van der Waals surface area contributed by atoms with E-state index in [0.717, 1.165) is 26.2 Å². The van der Waals surface area contributed by atoms with Gasteiger partial charge >= 0.3 is 0 Å². The van der Waals surface area contributed by atoms with E-state index in [2.05, 4.69) is 4.99 Å². The molecule has 1 aromatic heterocycles. The van der Waals surface area contributed by atoms with Gasteiger partial charge < -0.3 is 0 Å². The van der Waals surface area contributed by atoms with Crippen molar-refractivity contribution in [2.45, 2.75) is 13.8 Å². The van der Waals surface area contributed by atoms with E-state index < -0.39 is 0 Å². The number of amidine groups is 1. The van der Waals surface area contributed by atoms with Crippen molar-refractivity contribution in [1.29, 1.82) is 0 Å². The van der Waals surface area contributed by atoms with Gasteiger partial charge in [0.05, 0.1) is 10.6 Å². The molecule has 0 saturated carbocycles. The fourth-order valence-electron chi connectivity index (χ4n) is 2.16. The van der Waals surface area contributed by atoms with E-state index in [4.69, 9.17) is 0 Å². The minimum Gasteiger partial charge on any atom is -0.287 e. The maximum atomic E-state index is 12.5. The minimum atomic E-state index is 0.0354. The van der Waals surface area contributed by atoms with E-state index in [-0.39, 0.29) is 5.91 Å². The minimum absolute atomic E-state index is 0.0354. The van der Waals surface area contributed by atoms with E-state index in [0.29, 0.717) is 6.54 Å². The summed E-state index contributed by atoms with van der Waals surface area (Å²) >= 11 is 3.08. The number of nitrogens with zero attached hydrogens (tertiary/aromatic N) is 2. The van der Waals surface area contributed by atoms with E-state index >= 15 is 0 Å². The predicted octanol–water partition coefficient (Wildman–Crippen LogP) is 4.68. The third kappa shape index (κ3) is 3.00. The number of benzene rings is 1. The first-order chi connectivity index (χ1) is 10.7. The van der Waals surface area contributed by atoms with Crippen LogP contribution in [0.2, 0.25) is 0 Å². The van der Waals surface area contributed by atoms with Crippen molar-refractivity contribution < 1.29 is 4.79 Å². The topological polar surface area (TPSA) is 32.7 Å². The second-order valence-electron chi connectivity index (χ2n) is 4.86. The number of carbonyl (C=O) groups excluding carboxylic acids is 1. The Morgan fingerprint density at radius 2 is 2.05 bits per heavy atom. The first-order valence-electron chi connectivity index (χ1n) is 7.08. The van der Waals surface area contributed by atoms with Gasteiger partial charge in [-0.2, -0.15) is 0 Å². The quantitative estimate of drug-likeness (QED) is 0.766. The number of hydrogen-bond acceptors (Lipinski definition) is 4. The summed E-state index contributed by atoms with van der Waals surface area (Å²) < 4.78 is 0. The number of likely N-dealkylation sites (N-methyl/N-ethyl adjacent to an activating group) is 1. The Morgan fingerprint density at radius 3 is 2.73 bits per heavy atom. The molecular weight excluding hydrogens is 312 g/mol. The van der Waals surface area contributed by atoms with Crippen LogP contribution in [0.15, 0.2) is 51.7 Å². The third-order valence-electron chi connectivity index (χ3n) is 3.35. The van der Waals surface area contributed by atoms with Crippen LogP contribution in [-0.4, -0.2) is 22.5 Å². The van der Waals surface area contributed by atoms with Crippen LogP contribution in [0.4, 0.5) is 5.69 Å². The van der Waals surface area contributed by atoms with Gasteiger partial charge in [0.2, 0.25) is 0 Å². The number of rotatable bonds is 3. The molecule has 1 fully saturated rings. The molecule has 1 aromatic carbocycles. The van der Waals surface area contributed by atoms with Gasteiger partial charge in [0, 0.05) is 11.4 Å². The second kappa shape index (κ2) is 6.50. The number of aliphatic imine (C=N–C) groups is 1. The molecule has 0 spiro atoms. The highest BCUT2D eigenvalue weighted by molar-refractivity contribution is 8.18. The molecule has 3 nitrogen and oxygen atoms in total. The lowest BCUT2D eigenvalue weighted by atomic mass is 10.2. The van der Waals surface area contributed by atoms with Crippen molar-refractivity contribution in [2.24, 2.45) is 4.99 Å². The third-order valence-corrected chi connectivity index (χ3v) is 5.18. The molecule has 112 valence electrons. The fraction of sp³-hybridized carbons (Fsp3) is 0.176. The van der Waals surface area contributed by atoms with Crippen molar-refractivity contribution in [3.8, 4) is 0 Å². The van der Waals surface area contributed by atoms with Gasteiger partial charge in [-0.15, -0.1) is 11.3 Å². The summed E-state index contributed by atoms with van der Waals surface area (Å²) in [7, 11) is 0. The van der Waals surface area contributed by atoms with Crippen LogP contribution in [0.5, 0.6) is 0 Å². The average Bonchev–Trinajstić information content (AvgIpc) is 3.11. The number of carbonyl (C=O) groups is 1. The SMILES string of the molecule is CCN1C(=O)/C(=C\c2cccs2)SC1=Nc1ccccc1C. The van der Waals surface area contributed by atoms with Crippen LogP contribution in [0, 0.1) is 6.92 Å². The lowest BCUT2D eigenvalue weighted by molar-refractivity contribution is -0.122. The van der Waals surface area contributed by atoms with Crippen molar-refractivity contribution >= 4 is 45.9 Å². The zero-order valence-corrected chi connectivity index (χ0v) is 14.1. The Morgan fingerprint density at radius 1 is 1.23 bits per heavy atom. The molecule has 2 heterocycles. The van der Waals surface area contributed by atoms with E-state index in [1.54, 1.807) is 16.2 Å². The maximum Gasteiger partial charge on any atom is 0.266 e. The lowest BCUT2D eigenvalue weighted by Crippen LogP contribution is -2.28. The highest BCUT2D eigenvalue weighted by Crippen LogP contribution is 2.35. The zero-order chi connectivity index (χ0) is 15.5. The number of hydrogen-bond donors (Lipinski definition) is 0. The maximum absolute atomic E-state index is 12.5. The van der Waals surface area contributed by atoms with Crippen LogP contribution >= 0.6 is 23.1 Å². The predicted molar refractivity (Wildman–Crippen MR) is 95.5 cm³/mol.